The van der Waals surface area contributed by atoms with Gasteiger partial charge in [-0.05, 0) is 65.8 Å². The van der Waals surface area contributed by atoms with Gasteiger partial charge in [0.1, 0.15) is 0 Å². The summed E-state index contributed by atoms with van der Waals surface area (Å²) in [5.74, 6) is -1.50. The number of ether oxygens (including phenoxy) is 4. The fraction of sp³-hybridized carbons (Fsp3) is 0.438. The van der Waals surface area contributed by atoms with Crippen molar-refractivity contribution in [3.05, 3.63) is 85.1 Å². The van der Waals surface area contributed by atoms with Crippen LogP contribution in [0.5, 0.6) is 0 Å². The van der Waals surface area contributed by atoms with Crippen molar-refractivity contribution in [3.63, 3.8) is 0 Å². The Kier molecular flexibility index (Phi) is 18.1. The Morgan fingerprint density at radius 2 is 1.18 bits per heavy atom. The van der Waals surface area contributed by atoms with Gasteiger partial charge in [-0.15, -0.1) is 0 Å². The summed E-state index contributed by atoms with van der Waals surface area (Å²) >= 11 is 0. The van der Waals surface area contributed by atoms with Gasteiger partial charge >= 0.3 is 23.9 Å². The zero-order valence-electron chi connectivity index (χ0n) is 24.6. The molecule has 1 aliphatic rings. The summed E-state index contributed by atoms with van der Waals surface area (Å²) < 4.78 is 20.8. The molecule has 0 aliphatic carbocycles. The third-order valence-corrected chi connectivity index (χ3v) is 5.06. The molecule has 0 fully saturated rings. The molecule has 0 saturated heterocycles. The second-order valence-electron chi connectivity index (χ2n) is 9.61. The summed E-state index contributed by atoms with van der Waals surface area (Å²) in [7, 11) is 0. The minimum Gasteiger partial charge on any atom is -0.454 e. The normalized spacial score (nSPS) is 15.7. The maximum Gasteiger partial charge on any atom is 0.310 e. The minimum absolute atomic E-state index is 0.169. The number of carbonyl (C=O) groups excluding carboxylic acids is 4. The number of allylic oxidation sites excluding steroid dienone is 3. The van der Waals surface area contributed by atoms with E-state index in [0.717, 1.165) is 16.7 Å². The highest BCUT2D eigenvalue weighted by molar-refractivity contribution is 5.74. The van der Waals surface area contributed by atoms with E-state index in [2.05, 4.69) is 19.7 Å². The summed E-state index contributed by atoms with van der Waals surface area (Å²) in [5.41, 5.74) is 3.10. The Morgan fingerprint density at radius 3 is 1.50 bits per heavy atom. The van der Waals surface area contributed by atoms with Crippen LogP contribution in [0.2, 0.25) is 0 Å². The van der Waals surface area contributed by atoms with Gasteiger partial charge in [-0.1, -0.05) is 60.8 Å². The van der Waals surface area contributed by atoms with Crippen LogP contribution in [-0.4, -0.2) is 48.3 Å². The van der Waals surface area contributed by atoms with Gasteiger partial charge in [0.2, 0.25) is 0 Å². The number of rotatable bonds is 14. The summed E-state index contributed by atoms with van der Waals surface area (Å²) in [4.78, 5) is 46.2. The van der Waals surface area contributed by atoms with Crippen LogP contribution in [0.1, 0.15) is 67.2 Å². The van der Waals surface area contributed by atoms with Gasteiger partial charge in [0.15, 0.2) is 24.4 Å². The fourth-order valence-electron chi connectivity index (χ4n) is 2.92. The van der Waals surface area contributed by atoms with Crippen LogP contribution in [0.4, 0.5) is 0 Å². The predicted octanol–water partition coefficient (Wildman–Crippen LogP) is 6.21. The highest BCUT2D eigenvalue weighted by Gasteiger charge is 2.26. The fourth-order valence-corrected chi connectivity index (χ4v) is 2.92. The van der Waals surface area contributed by atoms with Crippen molar-refractivity contribution in [2.45, 2.75) is 91.6 Å². The molecule has 220 valence electrons. The summed E-state index contributed by atoms with van der Waals surface area (Å²) in [5, 5.41) is 0. The highest BCUT2D eigenvalue weighted by atomic mass is 16.6. The van der Waals surface area contributed by atoms with E-state index in [9.17, 15) is 19.2 Å². The topological polar surface area (TPSA) is 105 Å². The Labute approximate surface area is 238 Å². The van der Waals surface area contributed by atoms with E-state index in [4.69, 9.17) is 18.9 Å². The Hall–Kier alpha value is -3.94. The molecule has 0 radical (unpaired) electrons. The first-order valence-electron chi connectivity index (χ1n) is 13.0. The van der Waals surface area contributed by atoms with Gasteiger partial charge in [0.25, 0.3) is 0 Å². The molecule has 0 saturated carbocycles. The lowest BCUT2D eigenvalue weighted by Gasteiger charge is -2.24. The lowest BCUT2D eigenvalue weighted by Crippen LogP contribution is -2.33. The predicted molar refractivity (Wildman–Crippen MR) is 156 cm³/mol. The van der Waals surface area contributed by atoms with Crippen LogP contribution < -0.4 is 0 Å². The first-order valence-corrected chi connectivity index (χ1v) is 13.0. The quantitative estimate of drug-likeness (QED) is 0.141. The highest BCUT2D eigenvalue weighted by Crippen LogP contribution is 2.15. The van der Waals surface area contributed by atoms with Crippen LogP contribution in [-0.2, 0) is 38.1 Å². The molecule has 8 nitrogen and oxygen atoms in total. The molecule has 0 bridgehead atoms. The van der Waals surface area contributed by atoms with Crippen molar-refractivity contribution in [2.75, 3.05) is 0 Å². The van der Waals surface area contributed by atoms with Crippen molar-refractivity contribution >= 4 is 23.9 Å². The zero-order chi connectivity index (χ0) is 30.7. The molecular formula is C32H44O8. The van der Waals surface area contributed by atoms with Gasteiger partial charge in [-0.25, -0.2) is 0 Å². The summed E-state index contributed by atoms with van der Waals surface area (Å²) in [6.45, 7) is 22.2. The van der Waals surface area contributed by atoms with E-state index in [1.54, 1.807) is 30.4 Å². The Balaban J connectivity index is 0.000000774. The molecule has 8 heteroatoms. The number of cyclic esters (lactones) is 1. The van der Waals surface area contributed by atoms with Gasteiger partial charge in [-0.2, -0.15) is 0 Å². The molecule has 1 rings (SSSR count). The smallest absolute Gasteiger partial charge is 0.310 e. The van der Waals surface area contributed by atoms with Gasteiger partial charge in [0.05, 0.1) is 25.7 Å². The standard InChI is InChI=1S/C18H26O4.C14H18O4/c1-7-15(21-17(19)11-9-13(3)4)16(8-2)22-18(20)12-10-14(5)6;1-4-11(12-6-5-7-13(15)18-12)17-14(16)9-8-10(2)3/h7-10,15-16H,1-2,11-12H2,3-6H3;4-6,8,11-12H,1,7,9H2,2-3H3/t15-,16+;11-,12+/m.1/s1. The molecule has 0 aromatic carbocycles. The van der Waals surface area contributed by atoms with E-state index < -0.39 is 36.4 Å². The lowest BCUT2D eigenvalue weighted by atomic mass is 10.1. The van der Waals surface area contributed by atoms with E-state index in [1.807, 2.05) is 41.5 Å². The van der Waals surface area contributed by atoms with Crippen molar-refractivity contribution in [1.82, 2.24) is 0 Å². The molecular weight excluding hydrogens is 512 g/mol. The average Bonchev–Trinajstić information content (AvgIpc) is 2.90. The van der Waals surface area contributed by atoms with Crippen LogP contribution in [0.25, 0.3) is 0 Å². The van der Waals surface area contributed by atoms with E-state index in [0.29, 0.717) is 0 Å². The minimum atomic E-state index is -0.744. The zero-order valence-corrected chi connectivity index (χ0v) is 24.6. The molecule has 0 amide bonds. The van der Waals surface area contributed by atoms with Gasteiger partial charge in [0, 0.05) is 0 Å². The Morgan fingerprint density at radius 1 is 0.775 bits per heavy atom. The first-order chi connectivity index (χ1) is 18.8. The first kappa shape index (κ1) is 36.1. The summed E-state index contributed by atoms with van der Waals surface area (Å²) in [6.07, 6.45) is 11.2. The van der Waals surface area contributed by atoms with Gasteiger partial charge in [-0.3, -0.25) is 19.2 Å². The van der Waals surface area contributed by atoms with Crippen molar-refractivity contribution < 1.29 is 38.1 Å². The molecule has 0 aromatic rings. The molecule has 40 heavy (non-hydrogen) atoms. The largest absolute Gasteiger partial charge is 0.454 e. The molecule has 0 unspecified atom stereocenters. The third kappa shape index (κ3) is 16.8. The van der Waals surface area contributed by atoms with E-state index in [1.165, 1.54) is 18.2 Å². The molecule has 1 heterocycles. The third-order valence-electron chi connectivity index (χ3n) is 5.06. The number of hydrogen-bond acceptors (Lipinski definition) is 8. The number of carbonyl (C=O) groups is 4. The second kappa shape index (κ2) is 20.0. The molecule has 0 N–H and O–H groups in total. The van der Waals surface area contributed by atoms with Crippen molar-refractivity contribution in [1.29, 1.82) is 0 Å². The summed E-state index contributed by atoms with van der Waals surface area (Å²) in [6, 6.07) is 0. The average molecular weight is 557 g/mol. The van der Waals surface area contributed by atoms with Crippen LogP contribution >= 0.6 is 0 Å². The van der Waals surface area contributed by atoms with E-state index in [-0.39, 0.29) is 37.6 Å². The van der Waals surface area contributed by atoms with Crippen molar-refractivity contribution in [2.24, 2.45) is 0 Å². The van der Waals surface area contributed by atoms with E-state index >= 15 is 0 Å². The number of hydrogen-bond donors (Lipinski definition) is 0. The second-order valence-corrected chi connectivity index (χ2v) is 9.61. The molecule has 0 aromatic heterocycles. The molecule has 4 atom stereocenters. The molecule has 0 spiro atoms. The van der Waals surface area contributed by atoms with Crippen LogP contribution in [0, 0.1) is 0 Å². The molecule has 1 aliphatic heterocycles. The van der Waals surface area contributed by atoms with Crippen LogP contribution in [0.15, 0.2) is 85.1 Å². The Bertz CT molecular complexity index is 972. The van der Waals surface area contributed by atoms with Gasteiger partial charge < -0.3 is 18.9 Å². The maximum atomic E-state index is 11.7. The SMILES string of the molecule is C=C[C@@H](OC(=O)CC=C(C)C)[C@@H]1C=CCC(=O)O1.C=C[C@H](OC(=O)CC=C(C)C)[C@@H](C=C)OC(=O)CC=C(C)C. The van der Waals surface area contributed by atoms with Crippen LogP contribution in [0.3, 0.4) is 0 Å². The maximum absolute atomic E-state index is 11.7. The monoisotopic (exact) mass is 556 g/mol. The van der Waals surface area contributed by atoms with Crippen molar-refractivity contribution in [3.8, 4) is 0 Å². The number of esters is 4. The lowest BCUT2D eigenvalue weighted by molar-refractivity contribution is -0.161.